The molecule has 0 aliphatic carbocycles. The lowest BCUT2D eigenvalue weighted by atomic mass is 10.1. The highest BCUT2D eigenvalue weighted by molar-refractivity contribution is 5.97. The average molecular weight is 422 g/mol. The minimum Gasteiger partial charge on any atom is -0.490 e. The lowest BCUT2D eigenvalue weighted by Gasteiger charge is -2.12. The van der Waals surface area contributed by atoms with Gasteiger partial charge in [0.1, 0.15) is 18.9 Å². The van der Waals surface area contributed by atoms with Crippen LogP contribution < -0.4 is 15.4 Å². The van der Waals surface area contributed by atoms with E-state index in [0.29, 0.717) is 43.4 Å². The van der Waals surface area contributed by atoms with E-state index in [1.807, 2.05) is 31.2 Å². The van der Waals surface area contributed by atoms with Gasteiger partial charge in [0.25, 0.3) is 5.91 Å². The highest BCUT2D eigenvalue weighted by Crippen LogP contribution is 2.18. The van der Waals surface area contributed by atoms with E-state index in [-0.39, 0.29) is 18.4 Å². The van der Waals surface area contributed by atoms with E-state index >= 15 is 0 Å². The number of carbonyl (C=O) groups excluding carboxylic acids is 2. The number of nitrogens with one attached hydrogen (secondary N) is 2. The van der Waals surface area contributed by atoms with Gasteiger partial charge < -0.3 is 20.1 Å². The van der Waals surface area contributed by atoms with Crippen LogP contribution in [0.15, 0.2) is 67.0 Å². The van der Waals surface area contributed by atoms with Gasteiger partial charge in [0.05, 0.1) is 12.2 Å². The molecule has 8 heteroatoms. The summed E-state index contributed by atoms with van der Waals surface area (Å²) >= 11 is 0. The lowest BCUT2D eigenvalue weighted by molar-refractivity contribution is -0.116. The molecule has 2 aromatic carbocycles. The van der Waals surface area contributed by atoms with Crippen molar-refractivity contribution < 1.29 is 19.1 Å². The molecule has 0 aliphatic rings. The highest BCUT2D eigenvalue weighted by Gasteiger charge is 2.12. The third-order valence-electron chi connectivity index (χ3n) is 4.35. The number of benzene rings is 2. The topological polar surface area (TPSA) is 94.5 Å². The Labute approximate surface area is 181 Å². The van der Waals surface area contributed by atoms with Crippen LogP contribution in [-0.4, -0.2) is 41.4 Å². The zero-order valence-corrected chi connectivity index (χ0v) is 17.4. The number of hydrogen-bond acceptors (Lipinski definition) is 5. The monoisotopic (exact) mass is 422 g/mol. The molecule has 3 rings (SSSR count). The number of rotatable bonds is 11. The van der Waals surface area contributed by atoms with Gasteiger partial charge >= 0.3 is 0 Å². The zero-order valence-electron chi connectivity index (χ0n) is 17.4. The Bertz CT molecular complexity index is 989. The molecule has 8 nitrogen and oxygen atoms in total. The number of hydrogen-bond donors (Lipinski definition) is 2. The Kier molecular flexibility index (Phi) is 8.19. The third kappa shape index (κ3) is 6.97. The SMILES string of the molecule is CCOCCOc1ccccc1C(=O)NCc1cccc(NC(=O)Cn2cccn2)c1. The van der Waals surface area contributed by atoms with Gasteiger partial charge in [-0.1, -0.05) is 24.3 Å². The van der Waals surface area contributed by atoms with E-state index in [9.17, 15) is 9.59 Å². The summed E-state index contributed by atoms with van der Waals surface area (Å²) in [6.45, 7) is 3.82. The second-order valence-electron chi connectivity index (χ2n) is 6.68. The summed E-state index contributed by atoms with van der Waals surface area (Å²) in [6, 6.07) is 16.2. The van der Waals surface area contributed by atoms with E-state index in [0.717, 1.165) is 5.56 Å². The van der Waals surface area contributed by atoms with Crippen molar-refractivity contribution in [3.63, 3.8) is 0 Å². The predicted molar refractivity (Wildman–Crippen MR) is 117 cm³/mol. The molecule has 0 unspecified atom stereocenters. The average Bonchev–Trinajstić information content (AvgIpc) is 3.28. The highest BCUT2D eigenvalue weighted by atomic mass is 16.5. The first kappa shape index (κ1) is 22.0. The molecule has 0 atom stereocenters. The molecule has 2 amide bonds. The van der Waals surface area contributed by atoms with Crippen molar-refractivity contribution in [2.75, 3.05) is 25.1 Å². The fourth-order valence-corrected chi connectivity index (χ4v) is 2.91. The third-order valence-corrected chi connectivity index (χ3v) is 4.35. The molecular formula is C23H26N4O4. The Balaban J connectivity index is 1.54. The van der Waals surface area contributed by atoms with Gasteiger partial charge in [-0.25, -0.2) is 0 Å². The molecule has 0 spiro atoms. The van der Waals surface area contributed by atoms with Crippen molar-refractivity contribution in [1.29, 1.82) is 0 Å². The minimum absolute atomic E-state index is 0.133. The summed E-state index contributed by atoms with van der Waals surface area (Å²) in [5, 5.41) is 9.75. The van der Waals surface area contributed by atoms with Crippen LogP contribution in [-0.2, 0) is 22.6 Å². The molecule has 0 aliphatic heterocycles. The molecule has 0 radical (unpaired) electrons. The summed E-state index contributed by atoms with van der Waals surface area (Å²) in [7, 11) is 0. The van der Waals surface area contributed by atoms with Gasteiger partial charge in [0.15, 0.2) is 0 Å². The molecule has 3 aromatic rings. The van der Waals surface area contributed by atoms with Crippen LogP contribution in [0.3, 0.4) is 0 Å². The van der Waals surface area contributed by atoms with E-state index in [1.54, 1.807) is 47.4 Å². The van der Waals surface area contributed by atoms with E-state index in [1.165, 1.54) is 0 Å². The summed E-state index contributed by atoms with van der Waals surface area (Å²) in [6.07, 6.45) is 3.35. The standard InChI is InChI=1S/C23H26N4O4/c1-2-30-13-14-31-21-10-4-3-9-20(21)23(29)24-16-18-7-5-8-19(15-18)26-22(28)17-27-12-6-11-25-27/h3-12,15H,2,13-14,16-17H2,1H3,(H,24,29)(H,26,28). The van der Waals surface area contributed by atoms with Crippen LogP contribution in [0, 0.1) is 0 Å². The van der Waals surface area contributed by atoms with Crippen LogP contribution in [0.25, 0.3) is 0 Å². The van der Waals surface area contributed by atoms with Crippen LogP contribution in [0.4, 0.5) is 5.69 Å². The molecule has 0 fully saturated rings. The summed E-state index contributed by atoms with van der Waals surface area (Å²) in [4.78, 5) is 24.8. The van der Waals surface area contributed by atoms with Crippen molar-refractivity contribution in [3.05, 3.63) is 78.1 Å². The molecule has 0 saturated carbocycles. The molecule has 1 heterocycles. The maximum absolute atomic E-state index is 12.7. The van der Waals surface area contributed by atoms with Gasteiger partial charge in [-0.2, -0.15) is 5.10 Å². The fourth-order valence-electron chi connectivity index (χ4n) is 2.91. The van der Waals surface area contributed by atoms with Crippen molar-refractivity contribution in [3.8, 4) is 5.75 Å². The zero-order chi connectivity index (χ0) is 21.9. The Morgan fingerprint density at radius 1 is 1.06 bits per heavy atom. The minimum atomic E-state index is -0.236. The second kappa shape index (κ2) is 11.5. The number of aromatic nitrogens is 2. The number of amides is 2. The number of nitrogens with zero attached hydrogens (tertiary/aromatic N) is 2. The van der Waals surface area contributed by atoms with E-state index < -0.39 is 0 Å². The summed E-state index contributed by atoms with van der Waals surface area (Å²) in [5.74, 6) is 0.0995. The normalized spacial score (nSPS) is 10.5. The Morgan fingerprint density at radius 2 is 1.94 bits per heavy atom. The Morgan fingerprint density at radius 3 is 2.74 bits per heavy atom. The van der Waals surface area contributed by atoms with Crippen LogP contribution >= 0.6 is 0 Å². The van der Waals surface area contributed by atoms with E-state index in [4.69, 9.17) is 9.47 Å². The van der Waals surface area contributed by atoms with E-state index in [2.05, 4.69) is 15.7 Å². The number of carbonyl (C=O) groups is 2. The van der Waals surface area contributed by atoms with Crippen molar-refractivity contribution in [2.24, 2.45) is 0 Å². The van der Waals surface area contributed by atoms with Gasteiger partial charge in [-0.05, 0) is 42.8 Å². The lowest BCUT2D eigenvalue weighted by Crippen LogP contribution is -2.24. The van der Waals surface area contributed by atoms with Crippen LogP contribution in [0.1, 0.15) is 22.8 Å². The smallest absolute Gasteiger partial charge is 0.255 e. The van der Waals surface area contributed by atoms with Gasteiger partial charge in [-0.3, -0.25) is 14.3 Å². The number of para-hydroxylation sites is 1. The van der Waals surface area contributed by atoms with Gasteiger partial charge in [-0.15, -0.1) is 0 Å². The number of anilines is 1. The van der Waals surface area contributed by atoms with Gasteiger partial charge in [0, 0.05) is 31.2 Å². The maximum Gasteiger partial charge on any atom is 0.255 e. The first-order valence-corrected chi connectivity index (χ1v) is 10.1. The first-order valence-electron chi connectivity index (χ1n) is 10.1. The summed E-state index contributed by atoms with van der Waals surface area (Å²) in [5.41, 5.74) is 1.98. The first-order chi connectivity index (χ1) is 15.2. The molecule has 2 N–H and O–H groups in total. The largest absolute Gasteiger partial charge is 0.490 e. The van der Waals surface area contributed by atoms with Gasteiger partial charge in [0.2, 0.25) is 5.91 Å². The molecule has 0 saturated heterocycles. The predicted octanol–water partition coefficient (Wildman–Crippen LogP) is 2.87. The molecular weight excluding hydrogens is 396 g/mol. The molecule has 1 aromatic heterocycles. The Hall–Kier alpha value is -3.65. The molecule has 31 heavy (non-hydrogen) atoms. The maximum atomic E-state index is 12.7. The quantitative estimate of drug-likeness (QED) is 0.464. The molecule has 162 valence electrons. The molecule has 0 bridgehead atoms. The fraction of sp³-hybridized carbons (Fsp3) is 0.261. The second-order valence-corrected chi connectivity index (χ2v) is 6.68. The van der Waals surface area contributed by atoms with Crippen molar-refractivity contribution in [2.45, 2.75) is 20.0 Å². The van der Waals surface area contributed by atoms with Crippen LogP contribution in [0.2, 0.25) is 0 Å². The van der Waals surface area contributed by atoms with Crippen molar-refractivity contribution >= 4 is 17.5 Å². The van der Waals surface area contributed by atoms with Crippen molar-refractivity contribution in [1.82, 2.24) is 15.1 Å². The summed E-state index contributed by atoms with van der Waals surface area (Å²) < 4.78 is 12.5. The number of ether oxygens (including phenoxy) is 2. The van der Waals surface area contributed by atoms with Crippen LogP contribution in [0.5, 0.6) is 5.75 Å².